The Labute approximate surface area is 78.8 Å². The van der Waals surface area contributed by atoms with Crippen LogP contribution in [0.15, 0.2) is 0 Å². The molecular weight excluding hydrogens is 192 g/mol. The maximum atomic E-state index is 11.1. The normalized spacial score (nSPS) is 13.8. The third-order valence-electron chi connectivity index (χ3n) is 1.69. The van der Waals surface area contributed by atoms with E-state index in [0.29, 0.717) is 13.1 Å². The molecule has 0 aromatic rings. The highest BCUT2D eigenvalue weighted by Gasteiger charge is 2.22. The molecule has 78 valence electrons. The van der Waals surface area contributed by atoms with E-state index in [1.807, 2.05) is 0 Å². The molecule has 5 nitrogen and oxygen atoms in total. The Kier molecular flexibility index (Phi) is 4.94. The molecular formula is C7H16N2O3S. The highest BCUT2D eigenvalue weighted by molar-refractivity contribution is 7.92. The summed E-state index contributed by atoms with van der Waals surface area (Å²) in [6, 6.07) is 0. The minimum Gasteiger partial charge on any atom is -0.354 e. The Morgan fingerprint density at radius 3 is 2.31 bits per heavy atom. The number of amides is 1. The van der Waals surface area contributed by atoms with Crippen LogP contribution in [0.2, 0.25) is 0 Å². The minimum atomic E-state index is -3.27. The van der Waals surface area contributed by atoms with Crippen molar-refractivity contribution >= 4 is 15.7 Å². The van der Waals surface area contributed by atoms with Gasteiger partial charge in [0.25, 0.3) is 0 Å². The molecule has 0 aliphatic carbocycles. The summed E-state index contributed by atoms with van der Waals surface area (Å²) < 4.78 is 21.9. The van der Waals surface area contributed by atoms with Gasteiger partial charge in [-0.2, -0.15) is 0 Å². The van der Waals surface area contributed by atoms with Gasteiger partial charge >= 0.3 is 0 Å². The summed E-state index contributed by atoms with van der Waals surface area (Å²) in [5, 5.41) is 4.38. The van der Waals surface area contributed by atoms with Gasteiger partial charge in [-0.25, -0.2) is 8.42 Å². The van der Waals surface area contributed by atoms with E-state index in [1.54, 1.807) is 7.05 Å². The van der Waals surface area contributed by atoms with E-state index in [2.05, 4.69) is 10.6 Å². The van der Waals surface area contributed by atoms with Crippen molar-refractivity contribution in [1.29, 1.82) is 0 Å². The highest BCUT2D eigenvalue weighted by atomic mass is 32.2. The fraction of sp³-hybridized carbons (Fsp3) is 0.857. The maximum Gasteiger partial charge on any atom is 0.238 e. The second-order valence-electron chi connectivity index (χ2n) is 2.87. The second kappa shape index (κ2) is 5.18. The van der Waals surface area contributed by atoms with E-state index in [4.69, 9.17) is 0 Å². The minimum absolute atomic E-state index is 0.440. The third kappa shape index (κ3) is 4.84. The first-order valence-electron chi connectivity index (χ1n) is 4.00. The highest BCUT2D eigenvalue weighted by Crippen LogP contribution is 1.96. The van der Waals surface area contributed by atoms with Crippen LogP contribution in [0.4, 0.5) is 0 Å². The summed E-state index contributed by atoms with van der Waals surface area (Å²) in [7, 11) is -1.52. The van der Waals surface area contributed by atoms with Gasteiger partial charge in [0.1, 0.15) is 5.25 Å². The van der Waals surface area contributed by atoms with Gasteiger partial charge < -0.3 is 10.6 Å². The van der Waals surface area contributed by atoms with E-state index >= 15 is 0 Å². The van der Waals surface area contributed by atoms with Crippen molar-refractivity contribution in [2.75, 3.05) is 26.4 Å². The molecule has 0 heterocycles. The molecule has 1 atom stereocenters. The van der Waals surface area contributed by atoms with Crippen molar-refractivity contribution in [1.82, 2.24) is 10.6 Å². The molecule has 1 unspecified atom stereocenters. The lowest BCUT2D eigenvalue weighted by Crippen LogP contribution is -2.40. The molecule has 0 aliphatic heterocycles. The van der Waals surface area contributed by atoms with Gasteiger partial charge in [0.2, 0.25) is 5.91 Å². The fourth-order valence-corrected chi connectivity index (χ4v) is 1.12. The molecule has 0 aliphatic rings. The first-order chi connectivity index (χ1) is 5.89. The van der Waals surface area contributed by atoms with Gasteiger partial charge in [0, 0.05) is 19.3 Å². The fourth-order valence-electron chi connectivity index (χ4n) is 0.649. The molecule has 2 N–H and O–H groups in total. The molecule has 0 saturated heterocycles. The van der Waals surface area contributed by atoms with Crippen LogP contribution in [-0.2, 0) is 14.6 Å². The van der Waals surface area contributed by atoms with Crippen LogP contribution in [-0.4, -0.2) is 46.0 Å². The van der Waals surface area contributed by atoms with Gasteiger partial charge in [-0.3, -0.25) is 4.79 Å². The average Bonchev–Trinajstić information content (AvgIpc) is 2.01. The van der Waals surface area contributed by atoms with Gasteiger partial charge in [-0.05, 0) is 14.0 Å². The summed E-state index contributed by atoms with van der Waals surface area (Å²) in [6.07, 6.45) is 1.05. The topological polar surface area (TPSA) is 75.3 Å². The molecule has 0 bridgehead atoms. The largest absolute Gasteiger partial charge is 0.354 e. The summed E-state index contributed by atoms with van der Waals surface area (Å²) in [6.45, 7) is 2.45. The van der Waals surface area contributed by atoms with Gasteiger partial charge in [0.15, 0.2) is 9.84 Å². The zero-order valence-electron chi connectivity index (χ0n) is 8.12. The lowest BCUT2D eigenvalue weighted by atomic mass is 10.4. The Bertz CT molecular complexity index is 261. The van der Waals surface area contributed by atoms with Gasteiger partial charge in [0.05, 0.1) is 0 Å². The van der Waals surface area contributed by atoms with Crippen LogP contribution in [0.25, 0.3) is 0 Å². The number of hydrogen-bond acceptors (Lipinski definition) is 4. The molecule has 0 saturated carbocycles. The average molecular weight is 208 g/mol. The standard InChI is InChI=1S/C7H16N2O3S/c1-6(13(3,11)12)7(10)9-5-4-8-2/h6,8H,4-5H2,1-3H3,(H,9,10). The first-order valence-corrected chi connectivity index (χ1v) is 5.96. The number of carbonyl (C=O) groups excluding carboxylic acids is 1. The quantitative estimate of drug-likeness (QED) is 0.554. The van der Waals surface area contributed by atoms with Crippen LogP contribution < -0.4 is 10.6 Å². The van der Waals surface area contributed by atoms with Crippen LogP contribution in [0.3, 0.4) is 0 Å². The summed E-state index contributed by atoms with van der Waals surface area (Å²) in [5.41, 5.74) is 0. The predicted octanol–water partition coefficient (Wildman–Crippen LogP) is -1.24. The Balaban J connectivity index is 3.99. The Morgan fingerprint density at radius 2 is 1.92 bits per heavy atom. The maximum absolute atomic E-state index is 11.1. The predicted molar refractivity (Wildman–Crippen MR) is 51.2 cm³/mol. The second-order valence-corrected chi connectivity index (χ2v) is 5.23. The Hall–Kier alpha value is -0.620. The molecule has 6 heteroatoms. The lowest BCUT2D eigenvalue weighted by molar-refractivity contribution is -0.120. The zero-order valence-corrected chi connectivity index (χ0v) is 8.94. The van der Waals surface area contributed by atoms with E-state index in [-0.39, 0.29) is 0 Å². The summed E-state index contributed by atoms with van der Waals surface area (Å²) in [4.78, 5) is 11.1. The Morgan fingerprint density at radius 1 is 1.38 bits per heavy atom. The lowest BCUT2D eigenvalue weighted by Gasteiger charge is -2.09. The molecule has 13 heavy (non-hydrogen) atoms. The first kappa shape index (κ1) is 12.4. The van der Waals surface area contributed by atoms with Crippen molar-refractivity contribution < 1.29 is 13.2 Å². The van der Waals surface area contributed by atoms with Gasteiger partial charge in [-0.1, -0.05) is 0 Å². The van der Waals surface area contributed by atoms with E-state index in [0.717, 1.165) is 6.26 Å². The summed E-state index contributed by atoms with van der Waals surface area (Å²) >= 11 is 0. The number of hydrogen-bond donors (Lipinski definition) is 2. The molecule has 0 rings (SSSR count). The number of sulfone groups is 1. The van der Waals surface area contributed by atoms with Crippen molar-refractivity contribution in [2.45, 2.75) is 12.2 Å². The number of nitrogens with one attached hydrogen (secondary N) is 2. The smallest absolute Gasteiger partial charge is 0.238 e. The van der Waals surface area contributed by atoms with Crippen molar-refractivity contribution in [2.24, 2.45) is 0 Å². The van der Waals surface area contributed by atoms with E-state index in [1.165, 1.54) is 6.92 Å². The third-order valence-corrected chi connectivity index (χ3v) is 3.18. The van der Waals surface area contributed by atoms with Crippen molar-refractivity contribution in [3.63, 3.8) is 0 Å². The van der Waals surface area contributed by atoms with Crippen LogP contribution in [0.1, 0.15) is 6.92 Å². The monoisotopic (exact) mass is 208 g/mol. The number of carbonyl (C=O) groups is 1. The zero-order chi connectivity index (χ0) is 10.5. The molecule has 0 spiro atoms. The molecule has 0 fully saturated rings. The van der Waals surface area contributed by atoms with Crippen molar-refractivity contribution in [3.05, 3.63) is 0 Å². The summed E-state index contributed by atoms with van der Waals surface area (Å²) in [5.74, 6) is -0.447. The van der Waals surface area contributed by atoms with Crippen molar-refractivity contribution in [3.8, 4) is 0 Å². The van der Waals surface area contributed by atoms with E-state index in [9.17, 15) is 13.2 Å². The number of rotatable bonds is 5. The van der Waals surface area contributed by atoms with Crippen LogP contribution >= 0.6 is 0 Å². The SMILES string of the molecule is CNCCNC(=O)C(C)S(C)(=O)=O. The molecule has 0 aromatic heterocycles. The molecule has 0 radical (unpaired) electrons. The molecule has 1 amide bonds. The van der Waals surface area contributed by atoms with Crippen LogP contribution in [0.5, 0.6) is 0 Å². The number of likely N-dealkylation sites (N-methyl/N-ethyl adjacent to an activating group) is 1. The van der Waals surface area contributed by atoms with Crippen LogP contribution in [0, 0.1) is 0 Å². The van der Waals surface area contributed by atoms with Gasteiger partial charge in [-0.15, -0.1) is 0 Å². The van der Waals surface area contributed by atoms with E-state index < -0.39 is 21.0 Å². The molecule has 0 aromatic carbocycles.